The van der Waals surface area contributed by atoms with Crippen LogP contribution >= 0.6 is 0 Å². The highest BCUT2D eigenvalue weighted by atomic mass is 19.1. The number of aryl methyl sites for hydroxylation is 1. The van der Waals surface area contributed by atoms with Crippen LogP contribution in [0.15, 0.2) is 65.3 Å². The number of fused-ring (bicyclic) bond motifs is 1. The molecule has 0 saturated heterocycles. The molecule has 0 fully saturated rings. The first-order chi connectivity index (χ1) is 18.3. The predicted molar refractivity (Wildman–Crippen MR) is 139 cm³/mol. The molecule has 0 radical (unpaired) electrons. The Balaban J connectivity index is 1.54. The van der Waals surface area contributed by atoms with Gasteiger partial charge in [-0.15, -0.1) is 0 Å². The second kappa shape index (κ2) is 12.1. The van der Waals surface area contributed by atoms with Crippen LogP contribution in [0.25, 0.3) is 11.0 Å². The summed E-state index contributed by atoms with van der Waals surface area (Å²) in [5.74, 6) is -2.29. The fourth-order valence-electron chi connectivity index (χ4n) is 4.40. The number of aliphatic hydroxyl groups is 1. The summed E-state index contributed by atoms with van der Waals surface area (Å²) in [7, 11) is 1.41. The number of furan rings is 1. The summed E-state index contributed by atoms with van der Waals surface area (Å²) in [5.41, 5.74) is 2.67. The van der Waals surface area contributed by atoms with Gasteiger partial charge in [-0.1, -0.05) is 31.2 Å². The van der Waals surface area contributed by atoms with Crippen molar-refractivity contribution < 1.29 is 32.9 Å². The molecule has 0 spiro atoms. The van der Waals surface area contributed by atoms with Crippen molar-refractivity contribution in [1.29, 1.82) is 0 Å². The van der Waals surface area contributed by atoms with Crippen molar-refractivity contribution >= 4 is 16.9 Å². The van der Waals surface area contributed by atoms with Gasteiger partial charge in [-0.2, -0.15) is 0 Å². The predicted octanol–water partition coefficient (Wildman–Crippen LogP) is 4.48. The van der Waals surface area contributed by atoms with E-state index in [1.54, 1.807) is 0 Å². The van der Waals surface area contributed by atoms with Crippen LogP contribution < -0.4 is 15.4 Å². The zero-order valence-electron chi connectivity index (χ0n) is 21.1. The fourth-order valence-corrected chi connectivity index (χ4v) is 4.40. The largest absolute Gasteiger partial charge is 0.506 e. The number of hydrogen-bond donors (Lipinski definition) is 4. The van der Waals surface area contributed by atoms with Gasteiger partial charge in [-0.25, -0.2) is 8.78 Å². The lowest BCUT2D eigenvalue weighted by Gasteiger charge is -2.25. The molecule has 0 aliphatic rings. The number of carbonyl (C=O) groups excluding carboxylic acids is 1. The van der Waals surface area contributed by atoms with Gasteiger partial charge in [0.2, 0.25) is 0 Å². The number of amides is 1. The minimum Gasteiger partial charge on any atom is -0.506 e. The molecule has 4 aromatic rings. The van der Waals surface area contributed by atoms with Crippen LogP contribution in [0.3, 0.4) is 0 Å². The molecule has 38 heavy (non-hydrogen) atoms. The number of carbonyl (C=O) groups is 1. The summed E-state index contributed by atoms with van der Waals surface area (Å²) in [4.78, 5) is 13.3. The Kier molecular flexibility index (Phi) is 8.60. The first kappa shape index (κ1) is 27.1. The Hall–Kier alpha value is -3.95. The van der Waals surface area contributed by atoms with Crippen LogP contribution in [0.4, 0.5) is 8.78 Å². The van der Waals surface area contributed by atoms with Gasteiger partial charge in [-0.3, -0.25) is 4.79 Å². The summed E-state index contributed by atoms with van der Waals surface area (Å²) in [6, 6.07) is 13.0. The van der Waals surface area contributed by atoms with E-state index in [1.165, 1.54) is 31.1 Å². The first-order valence-electron chi connectivity index (χ1n) is 12.3. The molecule has 0 saturated carbocycles. The molecule has 0 bridgehead atoms. The zero-order valence-corrected chi connectivity index (χ0v) is 21.1. The molecule has 200 valence electrons. The highest BCUT2D eigenvalue weighted by molar-refractivity contribution is 6.04. The summed E-state index contributed by atoms with van der Waals surface area (Å²) >= 11 is 0. The lowest BCUT2D eigenvalue weighted by atomic mass is 9.99. The molecular formula is C29H30F2N2O5. The number of aromatic hydroxyl groups is 1. The van der Waals surface area contributed by atoms with E-state index in [0.29, 0.717) is 6.54 Å². The van der Waals surface area contributed by atoms with Crippen LogP contribution in [0.1, 0.15) is 34.0 Å². The Labute approximate surface area is 219 Å². The molecule has 0 aliphatic carbocycles. The third kappa shape index (κ3) is 6.30. The first-order valence-corrected chi connectivity index (χ1v) is 12.3. The second-order valence-corrected chi connectivity index (χ2v) is 9.07. The number of ether oxygens (including phenoxy) is 1. The van der Waals surface area contributed by atoms with Gasteiger partial charge in [0, 0.05) is 25.2 Å². The quantitative estimate of drug-likeness (QED) is 0.231. The van der Waals surface area contributed by atoms with E-state index in [-0.39, 0.29) is 46.6 Å². The number of aliphatic hydroxyl groups excluding tert-OH is 1. The van der Waals surface area contributed by atoms with E-state index >= 15 is 0 Å². The number of halogens is 2. The van der Waals surface area contributed by atoms with Crippen LogP contribution in [0.2, 0.25) is 0 Å². The molecule has 1 heterocycles. The van der Waals surface area contributed by atoms with Crippen LogP contribution in [0, 0.1) is 11.6 Å². The van der Waals surface area contributed by atoms with E-state index in [0.717, 1.165) is 30.2 Å². The molecular weight excluding hydrogens is 494 g/mol. The van der Waals surface area contributed by atoms with Gasteiger partial charge in [0.25, 0.3) is 5.91 Å². The summed E-state index contributed by atoms with van der Waals surface area (Å²) < 4.78 is 38.3. The molecule has 1 aromatic heterocycles. The highest BCUT2D eigenvalue weighted by Crippen LogP contribution is 2.36. The summed E-state index contributed by atoms with van der Waals surface area (Å²) in [6.45, 7) is 2.64. The Bertz CT molecular complexity index is 1400. The van der Waals surface area contributed by atoms with Crippen molar-refractivity contribution in [2.45, 2.75) is 38.5 Å². The molecule has 4 N–H and O–H groups in total. The highest BCUT2D eigenvalue weighted by Gasteiger charge is 2.26. The normalized spacial score (nSPS) is 12.9. The van der Waals surface area contributed by atoms with Crippen molar-refractivity contribution in [3.8, 4) is 11.5 Å². The monoisotopic (exact) mass is 524 g/mol. The maximum Gasteiger partial charge on any atom is 0.255 e. The molecule has 7 nitrogen and oxygen atoms in total. The number of benzene rings is 3. The molecule has 2 atom stereocenters. The minimum atomic E-state index is -1.12. The molecule has 3 aromatic carbocycles. The third-order valence-corrected chi connectivity index (χ3v) is 6.38. The fraction of sp³-hybridized carbons (Fsp3) is 0.276. The van der Waals surface area contributed by atoms with Crippen molar-refractivity contribution in [2.75, 3.05) is 13.7 Å². The number of phenols is 1. The van der Waals surface area contributed by atoms with Gasteiger partial charge in [0.1, 0.15) is 17.4 Å². The number of methoxy groups -OCH3 is 1. The Morgan fingerprint density at radius 2 is 1.79 bits per heavy atom. The number of nitrogens with one attached hydrogen (secondary N) is 2. The van der Waals surface area contributed by atoms with E-state index in [9.17, 15) is 23.8 Å². The van der Waals surface area contributed by atoms with Gasteiger partial charge in [0.05, 0.1) is 36.5 Å². The zero-order chi connectivity index (χ0) is 27.2. The standard InChI is InChI=1S/C29H30F2N2O5/c1-3-17-5-4-6-18(9-17)15-32-16-25(34)24(12-19-10-20(30)13-21(31)11-19)33-29(36)23-14-26(37-2)28-22(27(23)35)7-8-38-28/h4-11,13-14,24-25,32,34-35H,3,12,15-16H2,1-2H3,(H,33,36). The van der Waals surface area contributed by atoms with E-state index in [1.807, 2.05) is 18.2 Å². The molecule has 2 unspecified atom stereocenters. The van der Waals surface area contributed by atoms with E-state index < -0.39 is 29.7 Å². The van der Waals surface area contributed by atoms with Gasteiger partial charge < -0.3 is 30.0 Å². The topological polar surface area (TPSA) is 104 Å². The number of rotatable bonds is 11. The molecule has 0 aliphatic heterocycles. The molecule has 4 rings (SSSR count). The van der Waals surface area contributed by atoms with E-state index in [2.05, 4.69) is 23.6 Å². The van der Waals surface area contributed by atoms with Crippen LogP contribution in [-0.2, 0) is 19.4 Å². The summed E-state index contributed by atoms with van der Waals surface area (Å²) in [5, 5.41) is 27.9. The lowest BCUT2D eigenvalue weighted by Crippen LogP contribution is -2.48. The van der Waals surface area contributed by atoms with Crippen LogP contribution in [0.5, 0.6) is 11.5 Å². The smallest absolute Gasteiger partial charge is 0.255 e. The average molecular weight is 525 g/mol. The van der Waals surface area contributed by atoms with Gasteiger partial charge >= 0.3 is 0 Å². The Morgan fingerprint density at radius 1 is 1.05 bits per heavy atom. The maximum absolute atomic E-state index is 13.9. The van der Waals surface area contributed by atoms with Crippen molar-refractivity contribution in [3.05, 3.63) is 94.7 Å². The second-order valence-electron chi connectivity index (χ2n) is 9.07. The van der Waals surface area contributed by atoms with Crippen molar-refractivity contribution in [2.24, 2.45) is 0 Å². The molecule has 9 heteroatoms. The third-order valence-electron chi connectivity index (χ3n) is 6.38. The van der Waals surface area contributed by atoms with Crippen molar-refractivity contribution in [1.82, 2.24) is 10.6 Å². The number of hydrogen-bond acceptors (Lipinski definition) is 6. The Morgan fingerprint density at radius 3 is 2.50 bits per heavy atom. The maximum atomic E-state index is 13.9. The lowest BCUT2D eigenvalue weighted by molar-refractivity contribution is 0.0827. The minimum absolute atomic E-state index is 0.0551. The van der Waals surface area contributed by atoms with Gasteiger partial charge in [0.15, 0.2) is 11.3 Å². The van der Waals surface area contributed by atoms with E-state index in [4.69, 9.17) is 9.15 Å². The SMILES string of the molecule is CCc1cccc(CNCC(O)C(Cc2cc(F)cc(F)c2)NC(=O)c2cc(OC)c3occc3c2O)c1. The molecule has 1 amide bonds. The van der Waals surface area contributed by atoms with Gasteiger partial charge in [-0.05, 0) is 47.7 Å². The van der Waals surface area contributed by atoms with Crippen LogP contribution in [-0.4, -0.2) is 41.9 Å². The summed E-state index contributed by atoms with van der Waals surface area (Å²) in [6.07, 6.45) is 1.08. The average Bonchev–Trinajstić information content (AvgIpc) is 3.39. The number of phenolic OH excluding ortho intramolecular Hbond substituents is 1. The van der Waals surface area contributed by atoms with Crippen molar-refractivity contribution in [3.63, 3.8) is 0 Å².